The van der Waals surface area contributed by atoms with Crippen LogP contribution in [0.5, 0.6) is 5.75 Å². The molecule has 0 spiro atoms. The standard InChI is InChI=1S/C15H23NO/c1-4-9(3)12-8-10(5-2)11-6-7-13(16)14(11)15(12)17/h8-9,13,17H,4-7,16H2,1-3H3. The highest BCUT2D eigenvalue weighted by Gasteiger charge is 2.27. The summed E-state index contributed by atoms with van der Waals surface area (Å²) in [5, 5.41) is 10.4. The van der Waals surface area contributed by atoms with E-state index >= 15 is 0 Å². The van der Waals surface area contributed by atoms with Crippen LogP contribution in [-0.2, 0) is 12.8 Å². The molecular weight excluding hydrogens is 210 g/mol. The Bertz CT molecular complexity index is 425. The summed E-state index contributed by atoms with van der Waals surface area (Å²) in [5.74, 6) is 0.870. The second-order valence-electron chi connectivity index (χ2n) is 5.17. The third kappa shape index (κ3) is 1.95. The van der Waals surface area contributed by atoms with Crippen LogP contribution in [0.25, 0.3) is 0 Å². The predicted molar refractivity (Wildman–Crippen MR) is 71.4 cm³/mol. The molecule has 17 heavy (non-hydrogen) atoms. The zero-order valence-corrected chi connectivity index (χ0v) is 11.1. The maximum absolute atomic E-state index is 10.4. The molecule has 2 unspecified atom stereocenters. The average molecular weight is 233 g/mol. The lowest BCUT2D eigenvalue weighted by Crippen LogP contribution is -2.08. The predicted octanol–water partition coefficient (Wildman–Crippen LogP) is 3.41. The summed E-state index contributed by atoms with van der Waals surface area (Å²) in [6, 6.07) is 2.22. The lowest BCUT2D eigenvalue weighted by atomic mass is 9.89. The van der Waals surface area contributed by atoms with Crippen molar-refractivity contribution in [1.82, 2.24) is 0 Å². The van der Waals surface area contributed by atoms with Crippen LogP contribution in [0.1, 0.15) is 67.8 Å². The normalized spacial score (nSPS) is 20.4. The van der Waals surface area contributed by atoms with Gasteiger partial charge in [0.2, 0.25) is 0 Å². The van der Waals surface area contributed by atoms with Gasteiger partial charge in [0.05, 0.1) is 0 Å². The van der Waals surface area contributed by atoms with E-state index in [0.717, 1.165) is 36.8 Å². The van der Waals surface area contributed by atoms with E-state index in [4.69, 9.17) is 5.73 Å². The number of hydrogen-bond donors (Lipinski definition) is 2. The summed E-state index contributed by atoms with van der Waals surface area (Å²) in [4.78, 5) is 0. The van der Waals surface area contributed by atoms with Gasteiger partial charge in [-0.3, -0.25) is 0 Å². The Balaban J connectivity index is 2.61. The minimum Gasteiger partial charge on any atom is -0.507 e. The number of phenolic OH excluding ortho intramolecular Hbond substituents is 1. The summed E-state index contributed by atoms with van der Waals surface area (Å²) >= 11 is 0. The molecule has 2 nitrogen and oxygen atoms in total. The molecule has 1 aromatic carbocycles. The number of hydrogen-bond acceptors (Lipinski definition) is 2. The molecule has 3 N–H and O–H groups in total. The first-order chi connectivity index (χ1) is 8.10. The van der Waals surface area contributed by atoms with Gasteiger partial charge in [0.15, 0.2) is 0 Å². The fraction of sp³-hybridized carbons (Fsp3) is 0.600. The van der Waals surface area contributed by atoms with E-state index in [9.17, 15) is 5.11 Å². The van der Waals surface area contributed by atoms with Gasteiger partial charge in [-0.2, -0.15) is 0 Å². The van der Waals surface area contributed by atoms with Crippen LogP contribution in [0.15, 0.2) is 6.07 Å². The maximum Gasteiger partial charge on any atom is 0.124 e. The molecule has 1 aliphatic carbocycles. The molecule has 0 aliphatic heterocycles. The minimum atomic E-state index is 0.0271. The Kier molecular flexibility index (Phi) is 3.43. The van der Waals surface area contributed by atoms with E-state index in [1.807, 2.05) is 0 Å². The first-order valence-electron chi connectivity index (χ1n) is 6.73. The summed E-state index contributed by atoms with van der Waals surface area (Å²) in [6.07, 6.45) is 4.07. The molecule has 2 atom stereocenters. The van der Waals surface area contributed by atoms with Gasteiger partial charge in [-0.15, -0.1) is 0 Å². The Morgan fingerprint density at radius 2 is 2.18 bits per heavy atom. The molecule has 94 valence electrons. The molecule has 1 aliphatic rings. The summed E-state index contributed by atoms with van der Waals surface area (Å²) < 4.78 is 0. The van der Waals surface area contributed by atoms with Gasteiger partial charge in [-0.1, -0.05) is 26.8 Å². The van der Waals surface area contributed by atoms with Gasteiger partial charge in [-0.25, -0.2) is 0 Å². The highest BCUT2D eigenvalue weighted by molar-refractivity contribution is 5.54. The Hall–Kier alpha value is -1.02. The number of fused-ring (bicyclic) bond motifs is 1. The lowest BCUT2D eigenvalue weighted by Gasteiger charge is -2.19. The fourth-order valence-corrected chi connectivity index (χ4v) is 2.86. The van der Waals surface area contributed by atoms with Crippen LogP contribution in [0.4, 0.5) is 0 Å². The van der Waals surface area contributed by atoms with Gasteiger partial charge in [0, 0.05) is 11.6 Å². The van der Waals surface area contributed by atoms with Crippen molar-refractivity contribution >= 4 is 0 Å². The van der Waals surface area contributed by atoms with Crippen LogP contribution in [0.3, 0.4) is 0 Å². The van der Waals surface area contributed by atoms with Crippen molar-refractivity contribution < 1.29 is 5.11 Å². The average Bonchev–Trinajstić information content (AvgIpc) is 2.72. The van der Waals surface area contributed by atoms with Gasteiger partial charge >= 0.3 is 0 Å². The molecule has 0 bridgehead atoms. The molecule has 2 rings (SSSR count). The topological polar surface area (TPSA) is 46.2 Å². The minimum absolute atomic E-state index is 0.0271. The SMILES string of the molecule is CCc1cc(C(C)CC)c(O)c2c1CCC2N. The van der Waals surface area contributed by atoms with Crippen LogP contribution in [-0.4, -0.2) is 5.11 Å². The van der Waals surface area contributed by atoms with E-state index in [1.165, 1.54) is 11.1 Å². The summed E-state index contributed by atoms with van der Waals surface area (Å²) in [5.41, 5.74) is 10.9. The monoisotopic (exact) mass is 233 g/mol. The second kappa shape index (κ2) is 4.69. The fourth-order valence-electron chi connectivity index (χ4n) is 2.86. The third-order valence-electron chi connectivity index (χ3n) is 4.17. The Morgan fingerprint density at radius 1 is 1.47 bits per heavy atom. The zero-order valence-electron chi connectivity index (χ0n) is 11.1. The number of aromatic hydroxyl groups is 1. The molecule has 1 aromatic rings. The smallest absolute Gasteiger partial charge is 0.124 e. The molecule has 0 heterocycles. The lowest BCUT2D eigenvalue weighted by molar-refractivity contribution is 0.450. The van der Waals surface area contributed by atoms with Crippen molar-refractivity contribution in [1.29, 1.82) is 0 Å². The van der Waals surface area contributed by atoms with Gasteiger partial charge in [0.1, 0.15) is 5.75 Å². The molecule has 0 radical (unpaired) electrons. The quantitative estimate of drug-likeness (QED) is 0.840. The first-order valence-corrected chi connectivity index (χ1v) is 6.73. The first kappa shape index (κ1) is 12.4. The second-order valence-corrected chi connectivity index (χ2v) is 5.17. The highest BCUT2D eigenvalue weighted by atomic mass is 16.3. The van der Waals surface area contributed by atoms with Gasteiger partial charge in [0.25, 0.3) is 0 Å². The summed E-state index contributed by atoms with van der Waals surface area (Å²) in [7, 11) is 0. The number of rotatable bonds is 3. The van der Waals surface area contributed by atoms with E-state index in [0.29, 0.717) is 11.7 Å². The summed E-state index contributed by atoms with van der Waals surface area (Å²) in [6.45, 7) is 6.50. The highest BCUT2D eigenvalue weighted by Crippen LogP contribution is 2.43. The molecule has 0 saturated heterocycles. The van der Waals surface area contributed by atoms with Gasteiger partial charge < -0.3 is 10.8 Å². The molecule has 0 aromatic heterocycles. The van der Waals surface area contributed by atoms with Crippen molar-refractivity contribution in [2.24, 2.45) is 5.73 Å². The largest absolute Gasteiger partial charge is 0.507 e. The molecule has 0 fully saturated rings. The van der Waals surface area contributed by atoms with Crippen LogP contribution in [0, 0.1) is 0 Å². The molecular formula is C15H23NO. The van der Waals surface area contributed by atoms with Gasteiger partial charge in [-0.05, 0) is 48.3 Å². The van der Waals surface area contributed by atoms with Crippen molar-refractivity contribution in [3.8, 4) is 5.75 Å². The van der Waals surface area contributed by atoms with E-state index in [1.54, 1.807) is 0 Å². The van der Waals surface area contributed by atoms with E-state index in [-0.39, 0.29) is 6.04 Å². The van der Waals surface area contributed by atoms with Crippen molar-refractivity contribution in [2.75, 3.05) is 0 Å². The van der Waals surface area contributed by atoms with Crippen molar-refractivity contribution in [2.45, 2.75) is 58.4 Å². The third-order valence-corrected chi connectivity index (χ3v) is 4.17. The van der Waals surface area contributed by atoms with E-state index < -0.39 is 0 Å². The number of nitrogens with two attached hydrogens (primary N) is 1. The maximum atomic E-state index is 10.4. The zero-order chi connectivity index (χ0) is 12.6. The van der Waals surface area contributed by atoms with E-state index in [2.05, 4.69) is 26.8 Å². The molecule has 2 heteroatoms. The van der Waals surface area contributed by atoms with Crippen LogP contribution < -0.4 is 5.73 Å². The number of aryl methyl sites for hydroxylation is 1. The van der Waals surface area contributed by atoms with Crippen LogP contribution >= 0.6 is 0 Å². The molecule has 0 saturated carbocycles. The van der Waals surface area contributed by atoms with Crippen molar-refractivity contribution in [3.05, 3.63) is 28.3 Å². The van der Waals surface area contributed by atoms with Crippen LogP contribution in [0.2, 0.25) is 0 Å². The number of benzene rings is 1. The van der Waals surface area contributed by atoms with Crippen molar-refractivity contribution in [3.63, 3.8) is 0 Å². The Labute approximate surface area is 104 Å². The molecule has 0 amide bonds. The Morgan fingerprint density at radius 3 is 2.76 bits per heavy atom. The number of phenols is 1.